The summed E-state index contributed by atoms with van der Waals surface area (Å²) in [6, 6.07) is 6.51. The molecule has 1 saturated heterocycles. The van der Waals surface area contributed by atoms with Crippen molar-refractivity contribution in [1.82, 2.24) is 4.90 Å². The maximum Gasteiger partial charge on any atom is 0.338 e. The average molecular weight is 415 g/mol. The maximum atomic E-state index is 13.0. The molecule has 1 N–H and O–H groups in total. The van der Waals surface area contributed by atoms with Crippen LogP contribution in [0.4, 0.5) is 5.69 Å². The van der Waals surface area contributed by atoms with E-state index >= 15 is 0 Å². The van der Waals surface area contributed by atoms with Crippen LogP contribution in [0.3, 0.4) is 0 Å². The number of anilines is 1. The quantitative estimate of drug-likeness (QED) is 0.545. The van der Waals surface area contributed by atoms with Crippen molar-refractivity contribution in [2.45, 2.75) is 53.4 Å². The van der Waals surface area contributed by atoms with Gasteiger partial charge in [-0.1, -0.05) is 33.8 Å². The van der Waals surface area contributed by atoms with Gasteiger partial charge < -0.3 is 10.1 Å². The monoisotopic (exact) mass is 414 g/mol. The van der Waals surface area contributed by atoms with E-state index in [0.29, 0.717) is 30.7 Å². The van der Waals surface area contributed by atoms with Crippen molar-refractivity contribution in [3.63, 3.8) is 0 Å². The molecule has 2 aliphatic rings. The van der Waals surface area contributed by atoms with Crippen LogP contribution >= 0.6 is 0 Å². The van der Waals surface area contributed by atoms with Crippen LogP contribution in [0.1, 0.15) is 63.7 Å². The van der Waals surface area contributed by atoms with Crippen LogP contribution in [0.5, 0.6) is 0 Å². The van der Waals surface area contributed by atoms with Crippen LogP contribution in [0.2, 0.25) is 0 Å². The third-order valence-corrected chi connectivity index (χ3v) is 6.89. The Hall–Kier alpha value is -2.70. The minimum Gasteiger partial charge on any atom is -0.462 e. The van der Waals surface area contributed by atoms with Gasteiger partial charge in [0.05, 0.1) is 17.6 Å². The van der Waals surface area contributed by atoms with E-state index in [1.165, 1.54) is 4.90 Å². The molecule has 30 heavy (non-hydrogen) atoms. The molecule has 3 rings (SSSR count). The van der Waals surface area contributed by atoms with Crippen molar-refractivity contribution < 1.29 is 23.9 Å². The summed E-state index contributed by atoms with van der Waals surface area (Å²) in [5.74, 6) is -1.30. The fraction of sp³-hybridized carbons (Fsp3) is 0.565. The first kappa shape index (κ1) is 22.0. The number of nitrogens with one attached hydrogen (secondary N) is 1. The van der Waals surface area contributed by atoms with Crippen molar-refractivity contribution in [2.75, 3.05) is 18.5 Å². The first-order chi connectivity index (χ1) is 14.1. The van der Waals surface area contributed by atoms with Crippen molar-refractivity contribution in [3.05, 3.63) is 29.8 Å². The molecule has 0 spiro atoms. The summed E-state index contributed by atoms with van der Waals surface area (Å²) in [7, 11) is 0. The molecule has 1 aromatic carbocycles. The smallest absolute Gasteiger partial charge is 0.338 e. The molecule has 3 amide bonds. The average Bonchev–Trinajstić information content (AvgIpc) is 2.89. The predicted molar refractivity (Wildman–Crippen MR) is 112 cm³/mol. The fourth-order valence-electron chi connectivity index (χ4n) is 4.55. The number of hydrogen-bond donors (Lipinski definition) is 1. The Bertz CT molecular complexity index is 878. The van der Waals surface area contributed by atoms with Gasteiger partial charge in [-0.3, -0.25) is 19.3 Å². The van der Waals surface area contributed by atoms with Gasteiger partial charge in [-0.15, -0.1) is 0 Å². The van der Waals surface area contributed by atoms with Crippen molar-refractivity contribution >= 4 is 29.4 Å². The molecule has 0 radical (unpaired) electrons. The molecule has 1 aromatic rings. The summed E-state index contributed by atoms with van der Waals surface area (Å²) in [4.78, 5) is 51.6. The number of esters is 1. The third kappa shape index (κ3) is 3.73. The van der Waals surface area contributed by atoms with Gasteiger partial charge in [-0.05, 0) is 42.9 Å². The molecule has 2 fully saturated rings. The number of carbonyl (C=O) groups is 4. The lowest BCUT2D eigenvalue weighted by molar-refractivity contribution is -0.167. The standard InChI is InChI=1S/C23H30N2O5/c1-5-13-30-20(28)15-7-6-8-16(14-15)24-18(26)10-12-25-19(27)17-9-11-23(4,21(25)29)22(17,2)3/h6-8,14,17H,5,9-13H2,1-4H3,(H,24,26). The van der Waals surface area contributed by atoms with Crippen molar-refractivity contribution in [3.8, 4) is 0 Å². The number of hydrogen-bond acceptors (Lipinski definition) is 5. The van der Waals surface area contributed by atoms with Gasteiger partial charge >= 0.3 is 5.97 Å². The molecule has 1 saturated carbocycles. The van der Waals surface area contributed by atoms with E-state index in [0.717, 1.165) is 6.42 Å². The second-order valence-electron chi connectivity index (χ2n) is 8.95. The number of fused-ring (bicyclic) bond motifs is 2. The molecule has 162 valence electrons. The van der Waals surface area contributed by atoms with E-state index in [1.54, 1.807) is 24.3 Å². The van der Waals surface area contributed by atoms with Crippen LogP contribution < -0.4 is 5.32 Å². The van der Waals surface area contributed by atoms with E-state index in [1.807, 2.05) is 27.7 Å². The number of piperidine rings is 1. The minimum absolute atomic E-state index is 0.00518. The summed E-state index contributed by atoms with van der Waals surface area (Å²) in [5.41, 5.74) is -0.119. The van der Waals surface area contributed by atoms with E-state index < -0.39 is 11.4 Å². The van der Waals surface area contributed by atoms with Crippen LogP contribution in [0.25, 0.3) is 0 Å². The van der Waals surface area contributed by atoms with E-state index in [2.05, 4.69) is 5.32 Å². The first-order valence-corrected chi connectivity index (χ1v) is 10.5. The number of ether oxygens (including phenoxy) is 1. The van der Waals surface area contributed by atoms with E-state index in [9.17, 15) is 19.2 Å². The molecule has 2 unspecified atom stereocenters. The number of imide groups is 1. The van der Waals surface area contributed by atoms with Crippen LogP contribution in [-0.4, -0.2) is 41.7 Å². The number of rotatable bonds is 7. The zero-order valence-corrected chi connectivity index (χ0v) is 18.1. The highest BCUT2D eigenvalue weighted by Gasteiger charge is 2.64. The van der Waals surface area contributed by atoms with Crippen molar-refractivity contribution in [1.29, 1.82) is 0 Å². The lowest BCUT2D eigenvalue weighted by Crippen LogP contribution is -2.59. The highest BCUT2D eigenvalue weighted by Crippen LogP contribution is 2.60. The van der Waals surface area contributed by atoms with Crippen molar-refractivity contribution in [2.24, 2.45) is 16.7 Å². The highest BCUT2D eigenvalue weighted by molar-refractivity contribution is 6.04. The van der Waals surface area contributed by atoms with Gasteiger partial charge in [0.25, 0.3) is 0 Å². The minimum atomic E-state index is -0.574. The molecule has 7 nitrogen and oxygen atoms in total. The molecule has 1 aliphatic carbocycles. The fourth-order valence-corrected chi connectivity index (χ4v) is 4.55. The molecular weight excluding hydrogens is 384 g/mol. The maximum absolute atomic E-state index is 13.0. The number of benzene rings is 1. The molecule has 2 bridgehead atoms. The number of carbonyl (C=O) groups excluding carboxylic acids is 4. The normalized spacial score (nSPS) is 24.7. The number of nitrogens with zero attached hydrogens (tertiary/aromatic N) is 1. The van der Waals surface area contributed by atoms with Gasteiger partial charge in [0.1, 0.15) is 0 Å². The predicted octanol–water partition coefficient (Wildman–Crippen LogP) is 3.39. The zero-order valence-electron chi connectivity index (χ0n) is 18.1. The molecule has 2 atom stereocenters. The Morgan fingerprint density at radius 2 is 1.97 bits per heavy atom. The van der Waals surface area contributed by atoms with Crippen LogP contribution in [0.15, 0.2) is 24.3 Å². The van der Waals surface area contributed by atoms with Gasteiger partial charge in [-0.2, -0.15) is 0 Å². The number of amides is 3. The molecule has 7 heteroatoms. The van der Waals surface area contributed by atoms with Gasteiger partial charge in [0, 0.05) is 24.6 Å². The summed E-state index contributed by atoms with van der Waals surface area (Å²) < 4.78 is 5.11. The summed E-state index contributed by atoms with van der Waals surface area (Å²) in [6.45, 7) is 8.21. The zero-order chi connectivity index (χ0) is 22.1. The first-order valence-electron chi connectivity index (χ1n) is 10.5. The Labute approximate surface area is 177 Å². The summed E-state index contributed by atoms with van der Waals surface area (Å²) in [6.07, 6.45) is 2.13. The van der Waals surface area contributed by atoms with E-state index in [4.69, 9.17) is 4.74 Å². The third-order valence-electron chi connectivity index (χ3n) is 6.89. The molecule has 1 heterocycles. The lowest BCUT2D eigenvalue weighted by atomic mass is 9.62. The molecule has 0 aromatic heterocycles. The Balaban J connectivity index is 1.61. The second-order valence-corrected chi connectivity index (χ2v) is 8.95. The second kappa shape index (κ2) is 8.20. The Kier molecular flexibility index (Phi) is 6.01. The lowest BCUT2D eigenvalue weighted by Gasteiger charge is -2.47. The Morgan fingerprint density at radius 1 is 1.23 bits per heavy atom. The largest absolute Gasteiger partial charge is 0.462 e. The summed E-state index contributed by atoms with van der Waals surface area (Å²) >= 11 is 0. The Morgan fingerprint density at radius 3 is 2.67 bits per heavy atom. The van der Waals surface area contributed by atoms with E-state index in [-0.39, 0.29) is 42.0 Å². The molecular formula is C23H30N2O5. The van der Waals surface area contributed by atoms with Crippen LogP contribution in [0, 0.1) is 16.7 Å². The topological polar surface area (TPSA) is 92.8 Å². The SMILES string of the molecule is CCCOC(=O)c1cccc(NC(=O)CCN2C(=O)C3CCC(C)(C2=O)C3(C)C)c1. The van der Waals surface area contributed by atoms with Gasteiger partial charge in [-0.25, -0.2) is 4.79 Å². The highest BCUT2D eigenvalue weighted by atomic mass is 16.5. The van der Waals surface area contributed by atoms with Gasteiger partial charge in [0.2, 0.25) is 17.7 Å². The summed E-state index contributed by atoms with van der Waals surface area (Å²) in [5, 5.41) is 2.73. The van der Waals surface area contributed by atoms with Gasteiger partial charge in [0.15, 0.2) is 0 Å². The molecule has 1 aliphatic heterocycles. The van der Waals surface area contributed by atoms with Crippen LogP contribution in [-0.2, 0) is 19.1 Å². The number of likely N-dealkylation sites (tertiary alicyclic amines) is 1.